The van der Waals surface area contributed by atoms with Crippen LogP contribution in [0.1, 0.15) is 48.5 Å². The molecule has 2 aromatic carbocycles. The molecule has 0 saturated heterocycles. The van der Waals surface area contributed by atoms with Gasteiger partial charge >= 0.3 is 0 Å². The van der Waals surface area contributed by atoms with Gasteiger partial charge in [-0.2, -0.15) is 0 Å². The van der Waals surface area contributed by atoms with Crippen LogP contribution in [0.2, 0.25) is 0 Å². The molecule has 1 N–H and O–H groups in total. The highest BCUT2D eigenvalue weighted by Crippen LogP contribution is 2.42. The normalized spacial score (nSPS) is 17.0. The van der Waals surface area contributed by atoms with Crippen molar-refractivity contribution in [2.24, 2.45) is 5.92 Å². The fourth-order valence-corrected chi connectivity index (χ4v) is 3.15. The molecule has 116 valence electrons. The van der Waals surface area contributed by atoms with Gasteiger partial charge < -0.3 is 10.1 Å². The van der Waals surface area contributed by atoms with Gasteiger partial charge in [0.2, 0.25) is 0 Å². The lowest BCUT2D eigenvalue weighted by atomic mass is 9.98. The fraction of sp³-hybridized carbons (Fsp3) is 0.400. The van der Waals surface area contributed by atoms with Crippen molar-refractivity contribution in [1.82, 2.24) is 5.32 Å². The molecule has 0 amide bonds. The molecule has 0 spiro atoms. The first kappa shape index (κ1) is 15.1. The molecular weight excluding hydrogens is 270 g/mol. The van der Waals surface area contributed by atoms with Crippen molar-refractivity contribution in [3.05, 3.63) is 65.2 Å². The van der Waals surface area contributed by atoms with Crippen LogP contribution in [0, 0.1) is 12.8 Å². The monoisotopic (exact) mass is 295 g/mol. The second kappa shape index (κ2) is 6.53. The third-order valence-corrected chi connectivity index (χ3v) is 4.53. The lowest BCUT2D eigenvalue weighted by Crippen LogP contribution is -2.26. The molecule has 2 heteroatoms. The molecule has 3 rings (SSSR count). The van der Waals surface area contributed by atoms with Gasteiger partial charge in [-0.25, -0.2) is 0 Å². The molecule has 0 heterocycles. The van der Waals surface area contributed by atoms with Crippen molar-refractivity contribution in [2.75, 3.05) is 7.11 Å². The summed E-state index contributed by atoms with van der Waals surface area (Å²) in [5.41, 5.74) is 3.90. The molecule has 2 atom stereocenters. The maximum atomic E-state index is 5.54. The van der Waals surface area contributed by atoms with Crippen molar-refractivity contribution in [3.63, 3.8) is 0 Å². The van der Waals surface area contributed by atoms with Gasteiger partial charge in [0.05, 0.1) is 7.11 Å². The standard InChI is InChI=1S/C20H25NO/c1-14-9-12-19(22-3)18(13-14)15(2)21-20(17-10-11-17)16-7-5-4-6-8-16/h4-9,12-13,15,17,20-21H,10-11H2,1-3H3. The Balaban J connectivity index is 1.83. The zero-order valence-corrected chi connectivity index (χ0v) is 13.7. The zero-order chi connectivity index (χ0) is 15.5. The largest absolute Gasteiger partial charge is 0.496 e. The Morgan fingerprint density at radius 1 is 1.09 bits per heavy atom. The first-order chi connectivity index (χ1) is 10.7. The Morgan fingerprint density at radius 2 is 1.82 bits per heavy atom. The van der Waals surface area contributed by atoms with Gasteiger partial charge in [0, 0.05) is 17.6 Å². The molecule has 1 fully saturated rings. The van der Waals surface area contributed by atoms with Gasteiger partial charge in [-0.3, -0.25) is 0 Å². The molecule has 0 radical (unpaired) electrons. The van der Waals surface area contributed by atoms with E-state index in [0.717, 1.165) is 11.7 Å². The highest BCUT2D eigenvalue weighted by Gasteiger charge is 2.33. The zero-order valence-electron chi connectivity index (χ0n) is 13.7. The molecule has 22 heavy (non-hydrogen) atoms. The molecule has 2 aromatic rings. The van der Waals surface area contributed by atoms with Gasteiger partial charge in [-0.15, -0.1) is 0 Å². The van der Waals surface area contributed by atoms with Gasteiger partial charge in [0.15, 0.2) is 0 Å². The summed E-state index contributed by atoms with van der Waals surface area (Å²) in [7, 11) is 1.75. The smallest absolute Gasteiger partial charge is 0.123 e. The summed E-state index contributed by atoms with van der Waals surface area (Å²) in [6, 6.07) is 17.9. The van der Waals surface area contributed by atoms with Crippen LogP contribution >= 0.6 is 0 Å². The highest BCUT2D eigenvalue weighted by atomic mass is 16.5. The van der Waals surface area contributed by atoms with E-state index in [1.165, 1.54) is 29.5 Å². The topological polar surface area (TPSA) is 21.3 Å². The number of hydrogen-bond acceptors (Lipinski definition) is 2. The van der Waals surface area contributed by atoms with Crippen LogP contribution in [0.4, 0.5) is 0 Å². The van der Waals surface area contributed by atoms with E-state index in [0.29, 0.717) is 6.04 Å². The summed E-state index contributed by atoms with van der Waals surface area (Å²) in [5.74, 6) is 1.73. The first-order valence-corrected chi connectivity index (χ1v) is 8.14. The maximum Gasteiger partial charge on any atom is 0.123 e. The van der Waals surface area contributed by atoms with E-state index < -0.39 is 0 Å². The molecule has 1 aliphatic carbocycles. The number of benzene rings is 2. The lowest BCUT2D eigenvalue weighted by molar-refractivity contribution is 0.385. The Bertz CT molecular complexity index is 619. The number of rotatable bonds is 6. The van der Waals surface area contributed by atoms with Crippen LogP contribution in [-0.2, 0) is 0 Å². The Labute approximate surface area is 133 Å². The Morgan fingerprint density at radius 3 is 2.45 bits per heavy atom. The highest BCUT2D eigenvalue weighted by molar-refractivity contribution is 5.39. The minimum atomic E-state index is 0.264. The molecule has 2 unspecified atom stereocenters. The van der Waals surface area contributed by atoms with Gasteiger partial charge in [-0.05, 0) is 44.2 Å². The average Bonchev–Trinajstić information content (AvgIpc) is 3.38. The third kappa shape index (κ3) is 3.33. The van der Waals surface area contributed by atoms with Crippen molar-refractivity contribution in [1.29, 1.82) is 0 Å². The SMILES string of the molecule is COc1ccc(C)cc1C(C)NC(c1ccccc1)C1CC1. The van der Waals surface area contributed by atoms with Crippen LogP contribution in [-0.4, -0.2) is 7.11 Å². The van der Waals surface area contributed by atoms with E-state index >= 15 is 0 Å². The third-order valence-electron chi connectivity index (χ3n) is 4.53. The minimum absolute atomic E-state index is 0.264. The lowest BCUT2D eigenvalue weighted by Gasteiger charge is -2.25. The quantitative estimate of drug-likeness (QED) is 0.826. The number of ether oxygens (including phenoxy) is 1. The van der Waals surface area contributed by atoms with Crippen molar-refractivity contribution < 1.29 is 4.74 Å². The Hall–Kier alpha value is -1.80. The molecule has 1 saturated carbocycles. The summed E-state index contributed by atoms with van der Waals surface area (Å²) in [6.45, 7) is 4.36. The van der Waals surface area contributed by atoms with Crippen LogP contribution in [0.25, 0.3) is 0 Å². The predicted molar refractivity (Wildman–Crippen MR) is 91.2 cm³/mol. The van der Waals surface area contributed by atoms with Gasteiger partial charge in [-0.1, -0.05) is 48.0 Å². The summed E-state index contributed by atoms with van der Waals surface area (Å²) in [5, 5.41) is 3.83. The maximum absolute atomic E-state index is 5.54. The average molecular weight is 295 g/mol. The first-order valence-electron chi connectivity index (χ1n) is 8.14. The van der Waals surface area contributed by atoms with E-state index in [4.69, 9.17) is 4.74 Å². The van der Waals surface area contributed by atoms with E-state index in [1.807, 2.05) is 0 Å². The van der Waals surface area contributed by atoms with Gasteiger partial charge in [0.1, 0.15) is 5.75 Å². The van der Waals surface area contributed by atoms with Crippen molar-refractivity contribution in [3.8, 4) is 5.75 Å². The number of methoxy groups -OCH3 is 1. The van der Waals surface area contributed by atoms with Crippen molar-refractivity contribution in [2.45, 2.75) is 38.8 Å². The molecule has 1 aliphatic rings. The number of hydrogen-bond donors (Lipinski definition) is 1. The van der Waals surface area contributed by atoms with Gasteiger partial charge in [0.25, 0.3) is 0 Å². The number of aryl methyl sites for hydroxylation is 1. The molecular formula is C20H25NO. The minimum Gasteiger partial charge on any atom is -0.496 e. The molecule has 0 aromatic heterocycles. The second-order valence-electron chi connectivity index (χ2n) is 6.36. The predicted octanol–water partition coefficient (Wildman–Crippen LogP) is 4.81. The van der Waals surface area contributed by atoms with Crippen LogP contribution < -0.4 is 10.1 Å². The summed E-state index contributed by atoms with van der Waals surface area (Å²) < 4.78 is 5.54. The van der Waals surface area contributed by atoms with E-state index in [2.05, 4.69) is 67.7 Å². The van der Waals surface area contributed by atoms with E-state index in [-0.39, 0.29) is 6.04 Å². The Kier molecular flexibility index (Phi) is 4.49. The molecule has 0 bridgehead atoms. The fourth-order valence-electron chi connectivity index (χ4n) is 3.15. The van der Waals surface area contributed by atoms with E-state index in [9.17, 15) is 0 Å². The van der Waals surface area contributed by atoms with Crippen molar-refractivity contribution >= 4 is 0 Å². The summed E-state index contributed by atoms with van der Waals surface area (Å²) in [6.07, 6.45) is 2.65. The van der Waals surface area contributed by atoms with Crippen LogP contribution in [0.15, 0.2) is 48.5 Å². The van der Waals surface area contributed by atoms with Crippen LogP contribution in [0.3, 0.4) is 0 Å². The second-order valence-corrected chi connectivity index (χ2v) is 6.36. The number of nitrogens with one attached hydrogen (secondary N) is 1. The molecule has 2 nitrogen and oxygen atoms in total. The summed E-state index contributed by atoms with van der Waals surface area (Å²) >= 11 is 0. The molecule has 0 aliphatic heterocycles. The van der Waals surface area contributed by atoms with E-state index in [1.54, 1.807) is 7.11 Å². The van der Waals surface area contributed by atoms with Crippen LogP contribution in [0.5, 0.6) is 5.75 Å². The summed E-state index contributed by atoms with van der Waals surface area (Å²) in [4.78, 5) is 0.